The van der Waals surface area contributed by atoms with Gasteiger partial charge < -0.3 is 29.4 Å². The number of benzene rings is 4. The molecule has 8 nitrogen and oxygen atoms in total. The van der Waals surface area contributed by atoms with E-state index in [9.17, 15) is 4.79 Å². The lowest BCUT2D eigenvalue weighted by atomic mass is 9.78. The first-order valence-corrected chi connectivity index (χ1v) is 18.1. The third-order valence-electron chi connectivity index (χ3n) is 9.32. The standard InChI is InChI=1S/C41H42N2O6S/c1-3-48-41-33(17-19-46-21-22-47-20-18-44)35(32-10-6-9-31-30-8-5-4-7-28(30)24-34(31)32)25-37(49-41)39(45)42-29-14-12-27(13-15-29)40-43-36-16-11-26(2)23-38(36)50-40/h4-16,23,25,33,35,41,44H,3,17-22,24H2,1-2H3,(H,42,45)/t33-,35-,41-/m0/s1. The van der Waals surface area contributed by atoms with Crippen molar-refractivity contribution in [1.29, 1.82) is 0 Å². The minimum absolute atomic E-state index is 0.0140. The van der Waals surface area contributed by atoms with Gasteiger partial charge in [0.1, 0.15) is 5.01 Å². The number of carbonyl (C=O) groups is 1. The number of thiazole rings is 1. The third-order valence-corrected chi connectivity index (χ3v) is 10.4. The fourth-order valence-electron chi connectivity index (χ4n) is 6.94. The van der Waals surface area contributed by atoms with E-state index in [0.29, 0.717) is 45.1 Å². The number of aryl methyl sites for hydroxylation is 1. The molecular weight excluding hydrogens is 649 g/mol. The summed E-state index contributed by atoms with van der Waals surface area (Å²) in [5, 5.41) is 13.0. The third kappa shape index (κ3) is 7.38. The first-order chi connectivity index (χ1) is 24.5. The molecule has 2 aliphatic rings. The molecule has 1 aromatic heterocycles. The quantitative estimate of drug-likeness (QED) is 0.112. The Morgan fingerprint density at radius 3 is 2.58 bits per heavy atom. The molecule has 0 saturated heterocycles. The van der Waals surface area contributed by atoms with E-state index in [2.05, 4.69) is 72.9 Å². The van der Waals surface area contributed by atoms with E-state index in [0.717, 1.165) is 27.2 Å². The van der Waals surface area contributed by atoms with Crippen LogP contribution in [0.5, 0.6) is 0 Å². The molecule has 0 saturated carbocycles. The highest BCUT2D eigenvalue weighted by molar-refractivity contribution is 7.21. The number of aromatic nitrogens is 1. The van der Waals surface area contributed by atoms with Gasteiger partial charge >= 0.3 is 0 Å². The molecule has 9 heteroatoms. The van der Waals surface area contributed by atoms with Gasteiger partial charge in [0, 0.05) is 36.3 Å². The van der Waals surface area contributed by atoms with Crippen LogP contribution in [-0.2, 0) is 30.2 Å². The Kier molecular flexibility index (Phi) is 10.7. The van der Waals surface area contributed by atoms with E-state index in [4.69, 9.17) is 29.0 Å². The Balaban J connectivity index is 1.14. The molecular formula is C41H42N2O6S. The van der Waals surface area contributed by atoms with Gasteiger partial charge in [-0.15, -0.1) is 11.3 Å². The first kappa shape index (κ1) is 34.1. The molecule has 258 valence electrons. The Hall–Kier alpha value is -4.38. The predicted octanol–water partition coefficient (Wildman–Crippen LogP) is 7.87. The molecule has 0 unspecified atom stereocenters. The van der Waals surface area contributed by atoms with Crippen LogP contribution in [-0.4, -0.2) is 61.9 Å². The average Bonchev–Trinajstić information content (AvgIpc) is 3.73. The van der Waals surface area contributed by atoms with Gasteiger partial charge in [-0.05, 0) is 103 Å². The molecule has 2 heterocycles. The fraction of sp³-hybridized carbons (Fsp3) is 0.317. The SMILES string of the molecule is CCO[C@H]1OC(C(=O)Nc2ccc(-c3nc4ccc(C)cc4s3)cc2)=C[C@@H](c2cccc3c2Cc2ccccc2-3)[C@@H]1CCOCCOCCO. The molecule has 1 amide bonds. The number of anilines is 1. The number of aliphatic hydroxyl groups is 1. The van der Waals surface area contributed by atoms with Crippen molar-refractivity contribution in [1.82, 2.24) is 4.98 Å². The van der Waals surface area contributed by atoms with Crippen molar-refractivity contribution in [3.05, 3.63) is 119 Å². The van der Waals surface area contributed by atoms with E-state index in [-0.39, 0.29) is 30.1 Å². The van der Waals surface area contributed by atoms with E-state index >= 15 is 0 Å². The lowest BCUT2D eigenvalue weighted by Crippen LogP contribution is -2.38. The van der Waals surface area contributed by atoms with Crippen LogP contribution in [0.1, 0.15) is 41.5 Å². The number of amides is 1. The van der Waals surface area contributed by atoms with Gasteiger partial charge in [-0.3, -0.25) is 4.79 Å². The van der Waals surface area contributed by atoms with Crippen LogP contribution in [0.3, 0.4) is 0 Å². The highest BCUT2D eigenvalue weighted by Crippen LogP contribution is 2.46. The molecule has 50 heavy (non-hydrogen) atoms. The van der Waals surface area contributed by atoms with Crippen LogP contribution >= 0.6 is 11.3 Å². The lowest BCUT2D eigenvalue weighted by molar-refractivity contribution is -0.166. The topological polar surface area (TPSA) is 99.1 Å². The Labute approximate surface area is 296 Å². The van der Waals surface area contributed by atoms with E-state index < -0.39 is 6.29 Å². The number of nitrogens with zero attached hydrogens (tertiary/aromatic N) is 1. The zero-order valence-corrected chi connectivity index (χ0v) is 29.2. The number of allylic oxidation sites excluding steroid dienone is 1. The second-order valence-electron chi connectivity index (χ2n) is 12.6. The summed E-state index contributed by atoms with van der Waals surface area (Å²) in [6.45, 7) is 6.04. The number of nitrogens with one attached hydrogen (secondary N) is 1. The number of ether oxygens (including phenoxy) is 4. The number of hydrogen-bond acceptors (Lipinski definition) is 8. The second kappa shape index (κ2) is 15.7. The van der Waals surface area contributed by atoms with Gasteiger partial charge in [-0.1, -0.05) is 48.5 Å². The Morgan fingerprint density at radius 1 is 0.960 bits per heavy atom. The molecule has 1 aliphatic carbocycles. The molecule has 0 spiro atoms. The molecule has 2 N–H and O–H groups in total. The summed E-state index contributed by atoms with van der Waals surface area (Å²) in [7, 11) is 0. The monoisotopic (exact) mass is 690 g/mol. The van der Waals surface area contributed by atoms with Gasteiger partial charge in [0.25, 0.3) is 5.91 Å². The van der Waals surface area contributed by atoms with Crippen molar-refractivity contribution in [2.24, 2.45) is 5.92 Å². The number of hydrogen-bond donors (Lipinski definition) is 2. The maximum Gasteiger partial charge on any atom is 0.290 e. The van der Waals surface area contributed by atoms with Gasteiger partial charge in [0.2, 0.25) is 6.29 Å². The molecule has 4 aromatic carbocycles. The van der Waals surface area contributed by atoms with Crippen molar-refractivity contribution < 1.29 is 28.8 Å². The van der Waals surface area contributed by atoms with Gasteiger partial charge in [-0.25, -0.2) is 4.98 Å². The van der Waals surface area contributed by atoms with Crippen LogP contribution in [0.25, 0.3) is 31.9 Å². The van der Waals surface area contributed by atoms with Crippen molar-refractivity contribution in [3.8, 4) is 21.7 Å². The zero-order valence-electron chi connectivity index (χ0n) is 28.4. The van der Waals surface area contributed by atoms with Gasteiger partial charge in [-0.2, -0.15) is 0 Å². The van der Waals surface area contributed by atoms with Crippen LogP contribution in [0.4, 0.5) is 5.69 Å². The zero-order chi connectivity index (χ0) is 34.5. The smallest absolute Gasteiger partial charge is 0.290 e. The summed E-state index contributed by atoms with van der Waals surface area (Å²) in [6, 6.07) is 29.1. The van der Waals surface area contributed by atoms with Crippen molar-refractivity contribution in [2.75, 3.05) is 45.0 Å². The molecule has 7 rings (SSSR count). The first-order valence-electron chi connectivity index (χ1n) is 17.3. The summed E-state index contributed by atoms with van der Waals surface area (Å²) < 4.78 is 25.0. The molecule has 0 radical (unpaired) electrons. The fourth-order valence-corrected chi connectivity index (χ4v) is 8.01. The molecule has 0 bridgehead atoms. The highest BCUT2D eigenvalue weighted by atomic mass is 32.1. The number of aliphatic hydroxyl groups excluding tert-OH is 1. The minimum atomic E-state index is -0.644. The summed E-state index contributed by atoms with van der Waals surface area (Å²) in [5.41, 5.74) is 10.1. The van der Waals surface area contributed by atoms with Crippen molar-refractivity contribution >= 4 is 33.1 Å². The normalized spacial score (nSPS) is 18.0. The molecule has 5 aromatic rings. The molecule has 3 atom stereocenters. The molecule has 0 fully saturated rings. The predicted molar refractivity (Wildman–Crippen MR) is 197 cm³/mol. The number of rotatable bonds is 14. The minimum Gasteiger partial charge on any atom is -0.459 e. The average molecular weight is 691 g/mol. The van der Waals surface area contributed by atoms with Gasteiger partial charge in [0.05, 0.1) is 36.6 Å². The number of carbonyl (C=O) groups excluding carboxylic acids is 1. The maximum absolute atomic E-state index is 13.9. The Bertz CT molecular complexity index is 1990. The van der Waals surface area contributed by atoms with E-state index in [1.165, 1.54) is 33.4 Å². The number of fused-ring (bicyclic) bond motifs is 4. The van der Waals surface area contributed by atoms with Crippen molar-refractivity contribution in [3.63, 3.8) is 0 Å². The largest absolute Gasteiger partial charge is 0.459 e. The molecule has 1 aliphatic heterocycles. The summed E-state index contributed by atoms with van der Waals surface area (Å²) in [5.74, 6) is -0.335. The van der Waals surface area contributed by atoms with Gasteiger partial charge in [0.15, 0.2) is 5.76 Å². The maximum atomic E-state index is 13.9. The van der Waals surface area contributed by atoms with E-state index in [1.807, 2.05) is 37.3 Å². The van der Waals surface area contributed by atoms with Crippen LogP contribution < -0.4 is 5.32 Å². The van der Waals surface area contributed by atoms with E-state index in [1.54, 1.807) is 11.3 Å². The summed E-state index contributed by atoms with van der Waals surface area (Å²) >= 11 is 1.66. The summed E-state index contributed by atoms with van der Waals surface area (Å²) in [4.78, 5) is 18.7. The Morgan fingerprint density at radius 2 is 1.76 bits per heavy atom. The van der Waals surface area contributed by atoms with Crippen LogP contribution in [0.15, 0.2) is 96.8 Å². The summed E-state index contributed by atoms with van der Waals surface area (Å²) in [6.07, 6.45) is 2.81. The van der Waals surface area contributed by atoms with Crippen LogP contribution in [0.2, 0.25) is 0 Å². The lowest BCUT2D eigenvalue weighted by Gasteiger charge is -2.37. The van der Waals surface area contributed by atoms with Crippen molar-refractivity contribution in [2.45, 2.75) is 38.9 Å². The highest BCUT2D eigenvalue weighted by Gasteiger charge is 2.39. The second-order valence-corrected chi connectivity index (χ2v) is 13.7. The van der Waals surface area contributed by atoms with Crippen LogP contribution in [0, 0.1) is 12.8 Å².